The highest BCUT2D eigenvalue weighted by Crippen LogP contribution is 2.30. The summed E-state index contributed by atoms with van der Waals surface area (Å²) in [4.78, 5) is 18.3. The fourth-order valence-corrected chi connectivity index (χ4v) is 3.41. The van der Waals surface area contributed by atoms with E-state index in [0.29, 0.717) is 5.71 Å². The summed E-state index contributed by atoms with van der Waals surface area (Å²) in [6, 6.07) is 7.61. The number of hydrazone groups is 1. The molecule has 3 rings (SSSR count). The van der Waals surface area contributed by atoms with Crippen molar-refractivity contribution in [3.63, 3.8) is 0 Å². The summed E-state index contributed by atoms with van der Waals surface area (Å²) in [7, 11) is 0. The average Bonchev–Trinajstić information content (AvgIpc) is 3.06. The number of pyridine rings is 1. The molecule has 0 saturated heterocycles. The van der Waals surface area contributed by atoms with Crippen molar-refractivity contribution in [3.05, 3.63) is 51.5 Å². The summed E-state index contributed by atoms with van der Waals surface area (Å²) in [5.74, 6) is -0.139. The molecule has 0 saturated carbocycles. The number of carbonyl (C=O) groups excluding carboxylic acids is 1. The molecule has 0 radical (unpaired) electrons. The maximum Gasteiger partial charge on any atom is 0.281 e. The van der Waals surface area contributed by atoms with Gasteiger partial charge in [-0.2, -0.15) is 5.10 Å². The van der Waals surface area contributed by atoms with Crippen molar-refractivity contribution in [2.45, 2.75) is 26.2 Å². The summed E-state index contributed by atoms with van der Waals surface area (Å²) >= 11 is 1.58. The molecular weight excluding hydrogens is 270 g/mol. The monoisotopic (exact) mass is 285 g/mol. The molecule has 2 aromatic rings. The van der Waals surface area contributed by atoms with E-state index in [1.807, 2.05) is 31.2 Å². The average molecular weight is 285 g/mol. The molecule has 20 heavy (non-hydrogen) atoms. The maximum atomic E-state index is 12.1. The summed E-state index contributed by atoms with van der Waals surface area (Å²) < 4.78 is 0. The van der Waals surface area contributed by atoms with Crippen LogP contribution in [0.1, 0.15) is 39.2 Å². The quantitative estimate of drug-likeness (QED) is 0.696. The fourth-order valence-electron chi connectivity index (χ4n) is 2.26. The number of aryl methyl sites for hydroxylation is 2. The molecule has 0 unspecified atom stereocenters. The lowest BCUT2D eigenvalue weighted by Gasteiger charge is -2.00. The number of aromatic nitrogens is 1. The Bertz CT molecular complexity index is 640. The minimum absolute atomic E-state index is 0.139. The van der Waals surface area contributed by atoms with Gasteiger partial charge in [-0.1, -0.05) is 6.07 Å². The number of amides is 1. The molecule has 0 fully saturated rings. The van der Waals surface area contributed by atoms with Crippen LogP contribution in [0, 0.1) is 0 Å². The Kier molecular flexibility index (Phi) is 3.60. The van der Waals surface area contributed by atoms with Crippen molar-refractivity contribution in [2.24, 2.45) is 5.10 Å². The zero-order chi connectivity index (χ0) is 13.9. The molecule has 1 amide bonds. The SMILES string of the molecule is C/C(=N/NC(=O)c1cc2c(s1)CCC2)c1ccccn1. The molecule has 0 atom stereocenters. The number of rotatable bonds is 3. The molecule has 102 valence electrons. The van der Waals surface area contributed by atoms with Crippen molar-refractivity contribution in [1.82, 2.24) is 10.4 Å². The number of nitrogens with zero attached hydrogens (tertiary/aromatic N) is 2. The van der Waals surface area contributed by atoms with E-state index >= 15 is 0 Å². The topological polar surface area (TPSA) is 54.4 Å². The van der Waals surface area contributed by atoms with Crippen LogP contribution in [0.5, 0.6) is 0 Å². The Labute approximate surface area is 121 Å². The fraction of sp³-hybridized carbons (Fsp3) is 0.267. The van der Waals surface area contributed by atoms with Crippen LogP contribution in [0.15, 0.2) is 35.6 Å². The molecule has 0 spiro atoms. The van der Waals surface area contributed by atoms with E-state index in [1.165, 1.54) is 16.9 Å². The molecule has 1 aliphatic rings. The van der Waals surface area contributed by atoms with Crippen LogP contribution in [0.2, 0.25) is 0 Å². The highest BCUT2D eigenvalue weighted by Gasteiger charge is 2.18. The summed E-state index contributed by atoms with van der Waals surface area (Å²) in [6.45, 7) is 1.83. The third-order valence-corrected chi connectivity index (χ3v) is 4.57. The molecule has 0 aromatic carbocycles. The predicted molar refractivity (Wildman–Crippen MR) is 80.3 cm³/mol. The van der Waals surface area contributed by atoms with E-state index in [2.05, 4.69) is 15.5 Å². The minimum Gasteiger partial charge on any atom is -0.266 e. The number of hydrogen-bond acceptors (Lipinski definition) is 4. The Morgan fingerprint density at radius 1 is 1.40 bits per heavy atom. The predicted octanol–water partition coefficient (Wildman–Crippen LogP) is 2.79. The van der Waals surface area contributed by atoms with Gasteiger partial charge in [0.15, 0.2) is 0 Å². The summed E-state index contributed by atoms with van der Waals surface area (Å²) in [5, 5.41) is 4.11. The Balaban J connectivity index is 1.70. The van der Waals surface area contributed by atoms with E-state index < -0.39 is 0 Å². The van der Waals surface area contributed by atoms with E-state index in [1.54, 1.807) is 17.5 Å². The molecule has 1 aliphatic carbocycles. The van der Waals surface area contributed by atoms with Gasteiger partial charge >= 0.3 is 0 Å². The summed E-state index contributed by atoms with van der Waals surface area (Å²) in [5.41, 5.74) is 5.39. The standard InChI is InChI=1S/C15H15N3OS/c1-10(12-6-2-3-8-16-12)17-18-15(19)14-9-11-5-4-7-13(11)20-14/h2-3,6,8-9H,4-5,7H2,1H3,(H,18,19)/b17-10-. The Morgan fingerprint density at radius 3 is 3.05 bits per heavy atom. The van der Waals surface area contributed by atoms with Crippen molar-refractivity contribution in [1.29, 1.82) is 0 Å². The van der Waals surface area contributed by atoms with Crippen molar-refractivity contribution >= 4 is 23.0 Å². The largest absolute Gasteiger partial charge is 0.281 e. The van der Waals surface area contributed by atoms with Gasteiger partial charge in [0.05, 0.1) is 16.3 Å². The lowest BCUT2D eigenvalue weighted by atomic mass is 10.2. The zero-order valence-electron chi connectivity index (χ0n) is 11.2. The molecule has 5 heteroatoms. The third kappa shape index (κ3) is 2.63. The van der Waals surface area contributed by atoms with Gasteiger partial charge in [-0.15, -0.1) is 11.3 Å². The van der Waals surface area contributed by atoms with Crippen LogP contribution >= 0.6 is 11.3 Å². The van der Waals surface area contributed by atoms with Gasteiger partial charge in [0, 0.05) is 11.1 Å². The van der Waals surface area contributed by atoms with Crippen LogP contribution in [-0.4, -0.2) is 16.6 Å². The third-order valence-electron chi connectivity index (χ3n) is 3.33. The smallest absolute Gasteiger partial charge is 0.266 e. The van der Waals surface area contributed by atoms with E-state index in [0.717, 1.165) is 23.4 Å². The van der Waals surface area contributed by atoms with Crippen LogP contribution in [0.25, 0.3) is 0 Å². The molecule has 4 nitrogen and oxygen atoms in total. The molecule has 0 bridgehead atoms. The molecule has 2 aromatic heterocycles. The van der Waals surface area contributed by atoms with Crippen LogP contribution < -0.4 is 5.43 Å². The molecule has 0 aliphatic heterocycles. The van der Waals surface area contributed by atoms with Gasteiger partial charge in [0.25, 0.3) is 5.91 Å². The number of thiophene rings is 1. The van der Waals surface area contributed by atoms with Gasteiger partial charge in [-0.05, 0) is 49.9 Å². The van der Waals surface area contributed by atoms with E-state index in [-0.39, 0.29) is 5.91 Å². The number of hydrogen-bond donors (Lipinski definition) is 1. The number of nitrogens with one attached hydrogen (secondary N) is 1. The first-order valence-corrected chi connectivity index (χ1v) is 7.43. The second kappa shape index (κ2) is 5.54. The lowest BCUT2D eigenvalue weighted by molar-refractivity contribution is 0.0959. The first kappa shape index (κ1) is 13.0. The molecule has 2 heterocycles. The summed E-state index contributed by atoms with van der Waals surface area (Å²) in [6.07, 6.45) is 5.11. The van der Waals surface area contributed by atoms with Crippen molar-refractivity contribution in [3.8, 4) is 0 Å². The van der Waals surface area contributed by atoms with Crippen molar-refractivity contribution in [2.75, 3.05) is 0 Å². The highest BCUT2D eigenvalue weighted by molar-refractivity contribution is 7.14. The Hall–Kier alpha value is -2.01. The van der Waals surface area contributed by atoms with Crippen molar-refractivity contribution < 1.29 is 4.79 Å². The van der Waals surface area contributed by atoms with Gasteiger partial charge in [0.1, 0.15) is 0 Å². The maximum absolute atomic E-state index is 12.1. The van der Waals surface area contributed by atoms with E-state index in [9.17, 15) is 4.79 Å². The van der Waals surface area contributed by atoms with Gasteiger partial charge in [0.2, 0.25) is 0 Å². The first-order valence-electron chi connectivity index (χ1n) is 6.61. The highest BCUT2D eigenvalue weighted by atomic mass is 32.1. The number of carbonyl (C=O) groups is 1. The second-order valence-electron chi connectivity index (χ2n) is 4.77. The van der Waals surface area contributed by atoms with Gasteiger partial charge < -0.3 is 0 Å². The zero-order valence-corrected chi connectivity index (χ0v) is 12.0. The Morgan fingerprint density at radius 2 is 2.30 bits per heavy atom. The molecular formula is C15H15N3OS. The van der Waals surface area contributed by atoms with Gasteiger partial charge in [-0.25, -0.2) is 5.43 Å². The van der Waals surface area contributed by atoms with Gasteiger partial charge in [-0.3, -0.25) is 9.78 Å². The van der Waals surface area contributed by atoms with Crippen LogP contribution in [-0.2, 0) is 12.8 Å². The first-order chi connectivity index (χ1) is 9.74. The lowest BCUT2D eigenvalue weighted by Crippen LogP contribution is -2.18. The minimum atomic E-state index is -0.139. The van der Waals surface area contributed by atoms with E-state index in [4.69, 9.17) is 0 Å². The van der Waals surface area contributed by atoms with Crippen LogP contribution in [0.4, 0.5) is 0 Å². The molecule has 1 N–H and O–H groups in total. The van der Waals surface area contributed by atoms with Crippen LogP contribution in [0.3, 0.4) is 0 Å². The normalized spacial score (nSPS) is 14.2. The second-order valence-corrected chi connectivity index (χ2v) is 5.90. The number of fused-ring (bicyclic) bond motifs is 1.